The highest BCUT2D eigenvalue weighted by molar-refractivity contribution is 7.80. The summed E-state index contributed by atoms with van der Waals surface area (Å²) >= 11 is 6.15. The zero-order chi connectivity index (χ0) is 10.6. The van der Waals surface area contributed by atoms with Crippen LogP contribution in [0.3, 0.4) is 0 Å². The maximum Gasteiger partial charge on any atom is 0.236 e. The number of nitrogens with two attached hydrogens (primary N) is 1. The van der Waals surface area contributed by atoms with Gasteiger partial charge in [-0.1, -0.05) is 19.1 Å². The Labute approximate surface area is 91.5 Å². The molecule has 0 bridgehead atoms. The Morgan fingerprint density at radius 2 is 2.57 bits per heavy atom. The van der Waals surface area contributed by atoms with Gasteiger partial charge in [0.25, 0.3) is 0 Å². The first-order valence-corrected chi connectivity index (χ1v) is 5.43. The monoisotopic (exact) mass is 229 g/mol. The number of hydrogen-bond acceptors (Lipinski definition) is 4. The summed E-state index contributed by atoms with van der Waals surface area (Å²) in [7, 11) is 0. The number of nitrogens with zero attached hydrogens (tertiary/aromatic N) is 1. The number of carbonyl (C=O) groups is 1. The summed E-state index contributed by atoms with van der Waals surface area (Å²) in [6.45, 7) is 1.87. The fourth-order valence-corrected chi connectivity index (χ4v) is 1.80. The third-order valence-corrected chi connectivity index (χ3v) is 2.70. The molecule has 14 heavy (non-hydrogen) atoms. The molecule has 1 aromatic rings. The molecular formula is C8H11N3OS2. The highest BCUT2D eigenvalue weighted by Crippen LogP contribution is 2.13. The average Bonchev–Trinajstić information content (AvgIpc) is 2.57. The summed E-state index contributed by atoms with van der Waals surface area (Å²) in [6, 6.07) is 0. The maximum absolute atomic E-state index is 11.6. The molecule has 1 rings (SSSR count). The number of amides is 1. The molecule has 0 spiro atoms. The van der Waals surface area contributed by atoms with Crippen molar-refractivity contribution >= 4 is 39.6 Å². The third-order valence-electron chi connectivity index (χ3n) is 1.73. The minimum atomic E-state index is -0.408. The lowest BCUT2D eigenvalue weighted by Gasteiger charge is -2.11. The number of hydrogen-bond donors (Lipinski definition) is 2. The highest BCUT2D eigenvalue weighted by Gasteiger charge is 2.19. The van der Waals surface area contributed by atoms with Gasteiger partial charge in [0, 0.05) is 11.6 Å². The van der Waals surface area contributed by atoms with Crippen molar-refractivity contribution in [2.24, 2.45) is 11.7 Å². The van der Waals surface area contributed by atoms with Crippen LogP contribution in [0.1, 0.15) is 13.3 Å². The molecule has 0 aromatic carbocycles. The zero-order valence-electron chi connectivity index (χ0n) is 7.69. The van der Waals surface area contributed by atoms with E-state index < -0.39 is 5.92 Å². The largest absolute Gasteiger partial charge is 0.393 e. The van der Waals surface area contributed by atoms with Crippen molar-refractivity contribution < 1.29 is 4.79 Å². The zero-order valence-corrected chi connectivity index (χ0v) is 9.32. The SMILES string of the molecule is CCC(C(=O)Nc1nccs1)C(N)=S. The van der Waals surface area contributed by atoms with E-state index in [-0.39, 0.29) is 10.9 Å². The quantitative estimate of drug-likeness (QED) is 0.766. The van der Waals surface area contributed by atoms with E-state index in [0.29, 0.717) is 11.6 Å². The van der Waals surface area contributed by atoms with E-state index in [0.717, 1.165) is 0 Å². The number of carbonyl (C=O) groups excluding carboxylic acids is 1. The summed E-state index contributed by atoms with van der Waals surface area (Å²) in [5, 5.41) is 5.02. The molecule has 1 amide bonds. The van der Waals surface area contributed by atoms with Crippen LogP contribution in [0.15, 0.2) is 11.6 Å². The number of aromatic nitrogens is 1. The highest BCUT2D eigenvalue weighted by atomic mass is 32.1. The standard InChI is InChI=1S/C8H11N3OS2/c1-2-5(6(9)13)7(12)11-8-10-3-4-14-8/h3-5H,2H2,1H3,(H2,9,13)(H,10,11,12). The van der Waals surface area contributed by atoms with Crippen LogP contribution in [0.4, 0.5) is 5.13 Å². The van der Waals surface area contributed by atoms with Crippen molar-refractivity contribution in [2.45, 2.75) is 13.3 Å². The lowest BCUT2D eigenvalue weighted by Crippen LogP contribution is -2.32. The van der Waals surface area contributed by atoms with E-state index in [1.807, 2.05) is 6.92 Å². The molecule has 76 valence electrons. The van der Waals surface area contributed by atoms with Gasteiger partial charge in [0.05, 0.1) is 10.9 Å². The molecule has 0 radical (unpaired) electrons. The third kappa shape index (κ3) is 2.74. The molecular weight excluding hydrogens is 218 g/mol. The molecule has 0 fully saturated rings. The number of rotatable bonds is 4. The van der Waals surface area contributed by atoms with Gasteiger partial charge in [-0.25, -0.2) is 4.98 Å². The lowest BCUT2D eigenvalue weighted by molar-refractivity contribution is -0.118. The first-order chi connectivity index (χ1) is 6.65. The van der Waals surface area contributed by atoms with Crippen molar-refractivity contribution in [3.63, 3.8) is 0 Å². The van der Waals surface area contributed by atoms with Gasteiger partial charge in [-0.15, -0.1) is 11.3 Å². The Morgan fingerprint density at radius 1 is 1.86 bits per heavy atom. The van der Waals surface area contributed by atoms with Gasteiger partial charge < -0.3 is 11.1 Å². The predicted octanol–water partition coefficient (Wildman–Crippen LogP) is 1.39. The van der Waals surface area contributed by atoms with Crippen LogP contribution in [-0.2, 0) is 4.79 Å². The average molecular weight is 229 g/mol. The Balaban J connectivity index is 2.61. The van der Waals surface area contributed by atoms with E-state index >= 15 is 0 Å². The molecule has 0 aliphatic heterocycles. The van der Waals surface area contributed by atoms with E-state index in [9.17, 15) is 4.79 Å². The molecule has 1 unspecified atom stereocenters. The summed E-state index contributed by atoms with van der Waals surface area (Å²) in [6.07, 6.45) is 2.23. The Hall–Kier alpha value is -1.01. The van der Waals surface area contributed by atoms with Crippen molar-refractivity contribution in [3.8, 4) is 0 Å². The minimum Gasteiger partial charge on any atom is -0.393 e. The second-order valence-electron chi connectivity index (χ2n) is 2.69. The maximum atomic E-state index is 11.6. The predicted molar refractivity (Wildman–Crippen MR) is 61.3 cm³/mol. The Morgan fingerprint density at radius 3 is 3.00 bits per heavy atom. The Kier molecular flexibility index (Phi) is 3.97. The summed E-state index contributed by atoms with van der Waals surface area (Å²) in [4.78, 5) is 15.7. The molecule has 1 atom stereocenters. The van der Waals surface area contributed by atoms with Crippen LogP contribution >= 0.6 is 23.6 Å². The van der Waals surface area contributed by atoms with Crippen molar-refractivity contribution in [3.05, 3.63) is 11.6 Å². The topological polar surface area (TPSA) is 68.0 Å². The molecule has 1 aromatic heterocycles. The molecule has 0 saturated heterocycles. The van der Waals surface area contributed by atoms with Gasteiger partial charge >= 0.3 is 0 Å². The summed E-state index contributed by atoms with van der Waals surface area (Å²) in [5.41, 5.74) is 5.43. The minimum absolute atomic E-state index is 0.185. The van der Waals surface area contributed by atoms with E-state index in [4.69, 9.17) is 18.0 Å². The number of nitrogens with one attached hydrogen (secondary N) is 1. The van der Waals surface area contributed by atoms with Gasteiger partial charge in [-0.2, -0.15) is 0 Å². The van der Waals surface area contributed by atoms with Gasteiger partial charge in [-0.3, -0.25) is 4.79 Å². The van der Waals surface area contributed by atoms with Crippen molar-refractivity contribution in [1.82, 2.24) is 4.98 Å². The van der Waals surface area contributed by atoms with Crippen LogP contribution in [0.25, 0.3) is 0 Å². The van der Waals surface area contributed by atoms with E-state index in [1.54, 1.807) is 11.6 Å². The van der Waals surface area contributed by atoms with E-state index in [1.165, 1.54) is 11.3 Å². The van der Waals surface area contributed by atoms with E-state index in [2.05, 4.69) is 10.3 Å². The molecule has 0 aliphatic carbocycles. The fourth-order valence-electron chi connectivity index (χ4n) is 0.993. The first-order valence-electron chi connectivity index (χ1n) is 4.14. The molecule has 0 saturated carbocycles. The van der Waals surface area contributed by atoms with Crippen molar-refractivity contribution in [2.75, 3.05) is 5.32 Å². The molecule has 3 N–H and O–H groups in total. The first kappa shape index (κ1) is 11.1. The smallest absolute Gasteiger partial charge is 0.236 e. The molecule has 4 nitrogen and oxygen atoms in total. The second kappa shape index (κ2) is 5.02. The van der Waals surface area contributed by atoms with Gasteiger partial charge in [0.1, 0.15) is 0 Å². The lowest BCUT2D eigenvalue weighted by atomic mass is 10.1. The van der Waals surface area contributed by atoms with Crippen LogP contribution < -0.4 is 11.1 Å². The fraction of sp³-hybridized carbons (Fsp3) is 0.375. The second-order valence-corrected chi connectivity index (χ2v) is 4.06. The van der Waals surface area contributed by atoms with Crippen LogP contribution in [0.2, 0.25) is 0 Å². The molecule has 6 heteroatoms. The van der Waals surface area contributed by atoms with Crippen molar-refractivity contribution in [1.29, 1.82) is 0 Å². The number of anilines is 1. The summed E-state index contributed by atoms with van der Waals surface area (Å²) in [5.74, 6) is -0.594. The van der Waals surface area contributed by atoms with Crippen LogP contribution in [0.5, 0.6) is 0 Å². The molecule has 1 heterocycles. The molecule has 0 aliphatic rings. The van der Waals surface area contributed by atoms with Gasteiger partial charge in [-0.05, 0) is 6.42 Å². The summed E-state index contributed by atoms with van der Waals surface area (Å²) < 4.78 is 0. The van der Waals surface area contributed by atoms with Gasteiger partial charge in [0.2, 0.25) is 5.91 Å². The Bertz CT molecular complexity index is 323. The van der Waals surface area contributed by atoms with Crippen LogP contribution in [0, 0.1) is 5.92 Å². The van der Waals surface area contributed by atoms with Gasteiger partial charge in [0.15, 0.2) is 5.13 Å². The normalized spacial score (nSPS) is 12.1. The number of thiazole rings is 1. The van der Waals surface area contributed by atoms with Crippen LogP contribution in [-0.4, -0.2) is 15.9 Å². The number of thiocarbonyl (C=S) groups is 1.